The molecule has 0 radical (unpaired) electrons. The number of aryl methyl sites for hydroxylation is 1. The first-order chi connectivity index (χ1) is 13.2. The predicted octanol–water partition coefficient (Wildman–Crippen LogP) is 2.22. The zero-order valence-electron chi connectivity index (χ0n) is 16.2. The van der Waals surface area contributed by atoms with E-state index in [4.69, 9.17) is 4.52 Å². The SMILES string of the molecule is CCCc1noc(CN2CCC[C@H](N(Cc3cncnc3)C(C)=O)CC2)n1. The summed E-state index contributed by atoms with van der Waals surface area (Å²) in [6.45, 7) is 6.86. The third kappa shape index (κ3) is 5.56. The molecule has 1 fully saturated rings. The Morgan fingerprint density at radius 3 is 2.85 bits per heavy atom. The van der Waals surface area contributed by atoms with E-state index in [2.05, 4.69) is 31.9 Å². The number of likely N-dealkylation sites (tertiary alicyclic amines) is 1. The van der Waals surface area contributed by atoms with Gasteiger partial charge in [0.25, 0.3) is 0 Å². The third-order valence-corrected chi connectivity index (χ3v) is 4.95. The lowest BCUT2D eigenvalue weighted by Crippen LogP contribution is -2.39. The second-order valence-electron chi connectivity index (χ2n) is 7.11. The van der Waals surface area contributed by atoms with Crippen LogP contribution in [0.5, 0.6) is 0 Å². The molecule has 0 aromatic carbocycles. The zero-order chi connectivity index (χ0) is 19.1. The van der Waals surface area contributed by atoms with Crippen molar-refractivity contribution in [2.75, 3.05) is 13.1 Å². The average molecular weight is 372 g/mol. The first-order valence-corrected chi connectivity index (χ1v) is 9.70. The number of amides is 1. The van der Waals surface area contributed by atoms with Crippen molar-refractivity contribution in [2.24, 2.45) is 0 Å². The average Bonchev–Trinajstić information content (AvgIpc) is 2.97. The van der Waals surface area contributed by atoms with E-state index in [0.29, 0.717) is 19.0 Å². The molecule has 0 unspecified atom stereocenters. The van der Waals surface area contributed by atoms with E-state index in [-0.39, 0.29) is 11.9 Å². The van der Waals surface area contributed by atoms with Crippen LogP contribution in [0, 0.1) is 0 Å². The highest BCUT2D eigenvalue weighted by molar-refractivity contribution is 5.73. The van der Waals surface area contributed by atoms with Crippen molar-refractivity contribution in [3.8, 4) is 0 Å². The molecule has 0 spiro atoms. The second kappa shape index (κ2) is 9.55. The minimum absolute atomic E-state index is 0.0958. The first kappa shape index (κ1) is 19.4. The fraction of sp³-hybridized carbons (Fsp3) is 0.632. The van der Waals surface area contributed by atoms with Crippen LogP contribution >= 0.6 is 0 Å². The normalized spacial score (nSPS) is 18.2. The van der Waals surface area contributed by atoms with Gasteiger partial charge in [0.1, 0.15) is 6.33 Å². The minimum Gasteiger partial charge on any atom is -0.338 e. The molecular weight excluding hydrogens is 344 g/mol. The van der Waals surface area contributed by atoms with Crippen molar-refractivity contribution in [3.05, 3.63) is 36.0 Å². The lowest BCUT2D eigenvalue weighted by atomic mass is 10.1. The Balaban J connectivity index is 1.57. The van der Waals surface area contributed by atoms with Crippen LogP contribution in [0.2, 0.25) is 0 Å². The Morgan fingerprint density at radius 1 is 1.30 bits per heavy atom. The fourth-order valence-corrected chi connectivity index (χ4v) is 3.58. The smallest absolute Gasteiger partial charge is 0.240 e. The van der Waals surface area contributed by atoms with E-state index in [1.165, 1.54) is 6.33 Å². The van der Waals surface area contributed by atoms with Gasteiger partial charge in [-0.25, -0.2) is 9.97 Å². The van der Waals surface area contributed by atoms with Gasteiger partial charge in [-0.05, 0) is 32.2 Å². The monoisotopic (exact) mass is 372 g/mol. The molecule has 1 aliphatic rings. The molecule has 0 bridgehead atoms. The maximum Gasteiger partial charge on any atom is 0.240 e. The largest absolute Gasteiger partial charge is 0.338 e. The van der Waals surface area contributed by atoms with Gasteiger partial charge in [-0.15, -0.1) is 0 Å². The standard InChI is InChI=1S/C19H28N6O2/c1-3-5-18-22-19(27-23-18)13-24-8-4-6-17(7-9-24)25(15(2)26)12-16-10-20-14-21-11-16/h10-11,14,17H,3-9,12-13H2,1-2H3/t17-/m0/s1. The summed E-state index contributed by atoms with van der Waals surface area (Å²) in [5.74, 6) is 1.56. The number of carbonyl (C=O) groups excluding carboxylic acids is 1. The van der Waals surface area contributed by atoms with Gasteiger partial charge in [-0.2, -0.15) is 4.98 Å². The number of nitrogens with zero attached hydrogens (tertiary/aromatic N) is 6. The molecular formula is C19H28N6O2. The molecule has 2 aromatic heterocycles. The molecule has 2 aromatic rings. The Morgan fingerprint density at radius 2 is 2.11 bits per heavy atom. The molecule has 146 valence electrons. The molecule has 0 N–H and O–H groups in total. The Kier molecular flexibility index (Phi) is 6.86. The predicted molar refractivity (Wildman–Crippen MR) is 99.5 cm³/mol. The third-order valence-electron chi connectivity index (χ3n) is 4.95. The second-order valence-corrected chi connectivity index (χ2v) is 7.11. The Bertz CT molecular complexity index is 720. The van der Waals surface area contributed by atoms with Crippen molar-refractivity contribution in [3.63, 3.8) is 0 Å². The summed E-state index contributed by atoms with van der Waals surface area (Å²) >= 11 is 0. The molecule has 1 amide bonds. The molecule has 3 rings (SSSR count). The van der Waals surface area contributed by atoms with Crippen LogP contribution in [0.25, 0.3) is 0 Å². The van der Waals surface area contributed by atoms with Crippen molar-refractivity contribution >= 4 is 5.91 Å². The van der Waals surface area contributed by atoms with Crippen LogP contribution in [-0.2, 0) is 24.3 Å². The van der Waals surface area contributed by atoms with E-state index in [9.17, 15) is 4.79 Å². The Hall–Kier alpha value is -2.35. The number of aromatic nitrogens is 4. The van der Waals surface area contributed by atoms with Crippen molar-refractivity contribution < 1.29 is 9.32 Å². The van der Waals surface area contributed by atoms with Gasteiger partial charge >= 0.3 is 0 Å². The summed E-state index contributed by atoms with van der Waals surface area (Å²) in [5, 5.41) is 4.03. The van der Waals surface area contributed by atoms with Gasteiger partial charge < -0.3 is 9.42 Å². The highest BCUT2D eigenvalue weighted by Crippen LogP contribution is 2.20. The summed E-state index contributed by atoms with van der Waals surface area (Å²) in [6.07, 6.45) is 9.88. The summed E-state index contributed by atoms with van der Waals surface area (Å²) in [5.41, 5.74) is 0.961. The maximum absolute atomic E-state index is 12.2. The van der Waals surface area contributed by atoms with Crippen LogP contribution in [0.4, 0.5) is 0 Å². The zero-order valence-corrected chi connectivity index (χ0v) is 16.2. The van der Waals surface area contributed by atoms with Gasteiger partial charge in [0.05, 0.1) is 6.54 Å². The van der Waals surface area contributed by atoms with Crippen molar-refractivity contribution in [1.29, 1.82) is 0 Å². The number of rotatable bonds is 7. The van der Waals surface area contributed by atoms with Crippen molar-refractivity contribution in [1.82, 2.24) is 29.9 Å². The van der Waals surface area contributed by atoms with Crippen molar-refractivity contribution in [2.45, 2.75) is 65.1 Å². The summed E-state index contributed by atoms with van der Waals surface area (Å²) in [4.78, 5) is 29.1. The summed E-state index contributed by atoms with van der Waals surface area (Å²) in [7, 11) is 0. The van der Waals surface area contributed by atoms with Crippen LogP contribution < -0.4 is 0 Å². The molecule has 8 nitrogen and oxygen atoms in total. The molecule has 0 saturated carbocycles. The number of hydrogen-bond donors (Lipinski definition) is 0. The first-order valence-electron chi connectivity index (χ1n) is 9.70. The van der Waals surface area contributed by atoms with E-state index >= 15 is 0 Å². The maximum atomic E-state index is 12.2. The quantitative estimate of drug-likeness (QED) is 0.736. The number of carbonyl (C=O) groups is 1. The molecule has 27 heavy (non-hydrogen) atoms. The molecule has 3 heterocycles. The van der Waals surface area contributed by atoms with Crippen LogP contribution in [0.1, 0.15) is 56.8 Å². The van der Waals surface area contributed by atoms with Gasteiger partial charge in [0, 0.05) is 50.4 Å². The number of hydrogen-bond acceptors (Lipinski definition) is 7. The van der Waals surface area contributed by atoms with E-state index < -0.39 is 0 Å². The van der Waals surface area contributed by atoms with Crippen LogP contribution in [-0.4, -0.2) is 54.9 Å². The van der Waals surface area contributed by atoms with E-state index in [1.807, 2.05) is 4.90 Å². The molecule has 1 aliphatic heterocycles. The lowest BCUT2D eigenvalue weighted by molar-refractivity contribution is -0.132. The topological polar surface area (TPSA) is 88.3 Å². The van der Waals surface area contributed by atoms with E-state index in [0.717, 1.165) is 56.6 Å². The highest BCUT2D eigenvalue weighted by Gasteiger charge is 2.25. The van der Waals surface area contributed by atoms with Gasteiger partial charge in [-0.1, -0.05) is 12.1 Å². The van der Waals surface area contributed by atoms with Gasteiger partial charge in [0.2, 0.25) is 11.8 Å². The van der Waals surface area contributed by atoms with Gasteiger partial charge in [-0.3, -0.25) is 9.69 Å². The van der Waals surface area contributed by atoms with E-state index in [1.54, 1.807) is 19.3 Å². The lowest BCUT2D eigenvalue weighted by Gasteiger charge is -2.30. The summed E-state index contributed by atoms with van der Waals surface area (Å²) < 4.78 is 5.37. The Labute approximate surface area is 160 Å². The van der Waals surface area contributed by atoms with Gasteiger partial charge in [0.15, 0.2) is 5.82 Å². The highest BCUT2D eigenvalue weighted by atomic mass is 16.5. The molecule has 0 aliphatic carbocycles. The molecule has 1 saturated heterocycles. The molecule has 1 atom stereocenters. The van der Waals surface area contributed by atoms with Crippen LogP contribution in [0.15, 0.2) is 23.2 Å². The van der Waals surface area contributed by atoms with Crippen LogP contribution in [0.3, 0.4) is 0 Å². The minimum atomic E-state index is 0.0958. The summed E-state index contributed by atoms with van der Waals surface area (Å²) in [6, 6.07) is 0.228. The molecule has 8 heteroatoms. The fourth-order valence-electron chi connectivity index (χ4n) is 3.58.